The number of para-hydroxylation sites is 1. The third kappa shape index (κ3) is 3.87. The van der Waals surface area contributed by atoms with Crippen molar-refractivity contribution in [3.05, 3.63) is 23.8 Å². The van der Waals surface area contributed by atoms with Crippen LogP contribution in [0.25, 0.3) is 0 Å². The van der Waals surface area contributed by atoms with Crippen molar-refractivity contribution in [2.45, 2.75) is 40.2 Å². The lowest BCUT2D eigenvalue weighted by Gasteiger charge is -2.23. The average molecular weight is 263 g/mol. The molecule has 3 heteroatoms. The Hall–Kier alpha value is -1.22. The molecular formula is C16H25NO2. The molecule has 0 bridgehead atoms. The Kier molecular flexibility index (Phi) is 4.70. The average Bonchev–Trinajstić information content (AvgIpc) is 2.64. The third-order valence-corrected chi connectivity index (χ3v) is 3.73. The lowest BCUT2D eigenvalue weighted by atomic mass is 9.90. The molecule has 0 aliphatic carbocycles. The minimum absolute atomic E-state index is 0.336. The van der Waals surface area contributed by atoms with E-state index in [4.69, 9.17) is 9.47 Å². The fourth-order valence-corrected chi connectivity index (χ4v) is 2.05. The SMILES string of the molecule is CCC(C)(C)CNCc1cccc2c1OCCCO2. The second-order valence-corrected chi connectivity index (χ2v) is 5.92. The van der Waals surface area contributed by atoms with Gasteiger partial charge in [0.1, 0.15) is 0 Å². The summed E-state index contributed by atoms with van der Waals surface area (Å²) in [7, 11) is 0. The zero-order valence-corrected chi connectivity index (χ0v) is 12.3. The van der Waals surface area contributed by atoms with Crippen LogP contribution < -0.4 is 14.8 Å². The quantitative estimate of drug-likeness (QED) is 0.883. The van der Waals surface area contributed by atoms with Gasteiger partial charge in [-0.1, -0.05) is 32.9 Å². The van der Waals surface area contributed by atoms with Gasteiger partial charge in [-0.3, -0.25) is 0 Å². The molecule has 106 valence electrons. The highest BCUT2D eigenvalue weighted by Gasteiger charge is 2.17. The van der Waals surface area contributed by atoms with Crippen LogP contribution in [0.3, 0.4) is 0 Å². The summed E-state index contributed by atoms with van der Waals surface area (Å²) >= 11 is 0. The summed E-state index contributed by atoms with van der Waals surface area (Å²) in [5.74, 6) is 1.80. The van der Waals surface area contributed by atoms with Crippen molar-refractivity contribution < 1.29 is 9.47 Å². The van der Waals surface area contributed by atoms with Gasteiger partial charge in [0.25, 0.3) is 0 Å². The number of fused-ring (bicyclic) bond motifs is 1. The number of hydrogen-bond acceptors (Lipinski definition) is 3. The number of nitrogens with one attached hydrogen (secondary N) is 1. The largest absolute Gasteiger partial charge is 0.490 e. The highest BCUT2D eigenvalue weighted by Crippen LogP contribution is 2.33. The minimum atomic E-state index is 0.336. The van der Waals surface area contributed by atoms with Gasteiger partial charge in [0.2, 0.25) is 0 Å². The van der Waals surface area contributed by atoms with Gasteiger partial charge < -0.3 is 14.8 Å². The number of rotatable bonds is 5. The second kappa shape index (κ2) is 6.29. The van der Waals surface area contributed by atoms with Gasteiger partial charge >= 0.3 is 0 Å². The van der Waals surface area contributed by atoms with Gasteiger partial charge in [-0.25, -0.2) is 0 Å². The topological polar surface area (TPSA) is 30.5 Å². The van der Waals surface area contributed by atoms with Gasteiger partial charge in [0.05, 0.1) is 13.2 Å². The summed E-state index contributed by atoms with van der Waals surface area (Å²) in [5, 5.41) is 3.53. The Labute approximate surface area is 116 Å². The van der Waals surface area contributed by atoms with Crippen LogP contribution in [0, 0.1) is 5.41 Å². The summed E-state index contributed by atoms with van der Waals surface area (Å²) in [6.07, 6.45) is 2.12. The van der Waals surface area contributed by atoms with Crippen molar-refractivity contribution in [2.75, 3.05) is 19.8 Å². The van der Waals surface area contributed by atoms with Crippen molar-refractivity contribution in [1.29, 1.82) is 0 Å². The molecule has 1 aromatic carbocycles. The van der Waals surface area contributed by atoms with Crippen molar-refractivity contribution in [1.82, 2.24) is 5.32 Å². The first-order valence-electron chi connectivity index (χ1n) is 7.20. The molecule has 0 saturated carbocycles. The molecule has 1 N–H and O–H groups in total. The molecule has 0 unspecified atom stereocenters. The number of benzene rings is 1. The smallest absolute Gasteiger partial charge is 0.165 e. The van der Waals surface area contributed by atoms with Crippen LogP contribution in [0.2, 0.25) is 0 Å². The van der Waals surface area contributed by atoms with Crippen LogP contribution in [-0.4, -0.2) is 19.8 Å². The van der Waals surface area contributed by atoms with Crippen molar-refractivity contribution >= 4 is 0 Å². The Balaban J connectivity index is 2.01. The third-order valence-electron chi connectivity index (χ3n) is 3.73. The van der Waals surface area contributed by atoms with Crippen LogP contribution in [-0.2, 0) is 6.54 Å². The molecule has 0 aromatic heterocycles. The molecule has 1 aliphatic heterocycles. The molecule has 1 heterocycles. The zero-order valence-electron chi connectivity index (χ0n) is 12.3. The van der Waals surface area contributed by atoms with Gasteiger partial charge in [0.15, 0.2) is 11.5 Å². The van der Waals surface area contributed by atoms with E-state index in [0.29, 0.717) is 5.41 Å². The first kappa shape index (κ1) is 14.2. The number of ether oxygens (including phenoxy) is 2. The number of hydrogen-bond donors (Lipinski definition) is 1. The van der Waals surface area contributed by atoms with Crippen LogP contribution >= 0.6 is 0 Å². The van der Waals surface area contributed by atoms with Crippen LogP contribution in [0.4, 0.5) is 0 Å². The van der Waals surface area contributed by atoms with Gasteiger partial charge in [-0.2, -0.15) is 0 Å². The van der Waals surface area contributed by atoms with E-state index in [2.05, 4.69) is 32.2 Å². The van der Waals surface area contributed by atoms with Crippen LogP contribution in [0.5, 0.6) is 11.5 Å². The summed E-state index contributed by atoms with van der Waals surface area (Å²) in [5.41, 5.74) is 1.52. The molecular weight excluding hydrogens is 238 g/mol. The van der Waals surface area contributed by atoms with E-state index in [-0.39, 0.29) is 0 Å². The summed E-state index contributed by atoms with van der Waals surface area (Å²) < 4.78 is 11.5. The predicted molar refractivity (Wildman–Crippen MR) is 77.8 cm³/mol. The fourth-order valence-electron chi connectivity index (χ4n) is 2.05. The highest BCUT2D eigenvalue weighted by molar-refractivity contribution is 5.47. The lowest BCUT2D eigenvalue weighted by molar-refractivity contribution is 0.295. The van der Waals surface area contributed by atoms with E-state index < -0.39 is 0 Å². The first-order valence-corrected chi connectivity index (χ1v) is 7.20. The van der Waals surface area contributed by atoms with E-state index in [1.165, 1.54) is 12.0 Å². The maximum absolute atomic E-state index is 5.82. The Morgan fingerprint density at radius 1 is 1.21 bits per heavy atom. The van der Waals surface area contributed by atoms with Crippen LogP contribution in [0.1, 0.15) is 39.2 Å². The molecule has 3 nitrogen and oxygen atoms in total. The van der Waals surface area contributed by atoms with Crippen molar-refractivity contribution in [3.63, 3.8) is 0 Å². The maximum atomic E-state index is 5.82. The normalized spacial score (nSPS) is 15.1. The summed E-state index contributed by atoms with van der Waals surface area (Å²) in [4.78, 5) is 0. The van der Waals surface area contributed by atoms with E-state index in [1.54, 1.807) is 0 Å². The molecule has 2 rings (SSSR count). The summed E-state index contributed by atoms with van der Waals surface area (Å²) in [6.45, 7) is 10.1. The predicted octanol–water partition coefficient (Wildman–Crippen LogP) is 3.37. The molecule has 0 saturated heterocycles. The first-order chi connectivity index (χ1) is 9.12. The van der Waals surface area contributed by atoms with E-state index in [0.717, 1.165) is 44.2 Å². The Bertz CT molecular complexity index is 415. The van der Waals surface area contributed by atoms with Gasteiger partial charge in [-0.05, 0) is 17.9 Å². The fraction of sp³-hybridized carbons (Fsp3) is 0.625. The van der Waals surface area contributed by atoms with Gasteiger partial charge in [0, 0.05) is 25.1 Å². The minimum Gasteiger partial charge on any atom is -0.490 e. The monoisotopic (exact) mass is 263 g/mol. The van der Waals surface area contributed by atoms with E-state index in [1.807, 2.05) is 12.1 Å². The molecule has 0 spiro atoms. The van der Waals surface area contributed by atoms with E-state index in [9.17, 15) is 0 Å². The zero-order chi connectivity index (χ0) is 13.7. The van der Waals surface area contributed by atoms with Gasteiger partial charge in [-0.15, -0.1) is 0 Å². The molecule has 0 fully saturated rings. The van der Waals surface area contributed by atoms with E-state index >= 15 is 0 Å². The summed E-state index contributed by atoms with van der Waals surface area (Å²) in [6, 6.07) is 6.13. The Morgan fingerprint density at radius 3 is 2.79 bits per heavy atom. The lowest BCUT2D eigenvalue weighted by Crippen LogP contribution is -2.28. The highest BCUT2D eigenvalue weighted by atomic mass is 16.5. The molecule has 1 aromatic rings. The molecule has 1 aliphatic rings. The Morgan fingerprint density at radius 2 is 2.00 bits per heavy atom. The second-order valence-electron chi connectivity index (χ2n) is 5.92. The standard InChI is InChI=1S/C16H25NO2/c1-4-16(2,3)12-17-11-13-7-5-8-14-15(13)19-10-6-9-18-14/h5,7-8,17H,4,6,9-12H2,1-3H3. The maximum Gasteiger partial charge on any atom is 0.165 e. The van der Waals surface area contributed by atoms with Crippen molar-refractivity contribution in [3.8, 4) is 11.5 Å². The molecule has 0 amide bonds. The molecule has 0 radical (unpaired) electrons. The van der Waals surface area contributed by atoms with Crippen molar-refractivity contribution in [2.24, 2.45) is 5.41 Å². The van der Waals surface area contributed by atoms with Crippen LogP contribution in [0.15, 0.2) is 18.2 Å². The molecule has 0 atom stereocenters. The molecule has 19 heavy (non-hydrogen) atoms.